The van der Waals surface area contributed by atoms with Gasteiger partial charge in [-0.25, -0.2) is 9.37 Å². The van der Waals surface area contributed by atoms with Crippen LogP contribution in [0.4, 0.5) is 10.1 Å². The van der Waals surface area contributed by atoms with Crippen molar-refractivity contribution in [1.82, 2.24) is 9.97 Å². The number of carbonyl (C=O) groups excluding carboxylic acids is 1. The Balaban J connectivity index is 1.57. The lowest BCUT2D eigenvalue weighted by Crippen LogP contribution is -2.12. The predicted octanol–water partition coefficient (Wildman–Crippen LogP) is 4.57. The summed E-state index contributed by atoms with van der Waals surface area (Å²) in [6.07, 6.45) is 2.01. The van der Waals surface area contributed by atoms with Gasteiger partial charge in [-0.1, -0.05) is 0 Å². The second-order valence-corrected chi connectivity index (χ2v) is 6.79. The van der Waals surface area contributed by atoms with Crippen LogP contribution in [0, 0.1) is 5.82 Å². The molecule has 1 atom stereocenters. The number of benzene rings is 2. The number of fused-ring (bicyclic) bond motifs is 1. The van der Waals surface area contributed by atoms with Crippen molar-refractivity contribution < 1.29 is 13.9 Å². The number of aromatic amines is 1. The molecule has 1 unspecified atom stereocenters. The molecule has 2 heterocycles. The minimum absolute atomic E-state index is 0.0145. The molecule has 0 bridgehead atoms. The molecule has 5 nitrogen and oxygen atoms in total. The van der Waals surface area contributed by atoms with E-state index in [2.05, 4.69) is 31.2 Å². The van der Waals surface area contributed by atoms with E-state index in [1.54, 1.807) is 6.07 Å². The Hall–Kier alpha value is -2.25. The van der Waals surface area contributed by atoms with Gasteiger partial charge in [-0.05, 0) is 65.2 Å². The molecule has 1 aliphatic rings. The fourth-order valence-electron chi connectivity index (χ4n) is 2.92. The fourth-order valence-corrected chi connectivity index (χ4v) is 3.46. The Morgan fingerprint density at radius 1 is 1.32 bits per heavy atom. The molecule has 3 aromatic rings. The summed E-state index contributed by atoms with van der Waals surface area (Å²) in [5.74, 6) is 0.103. The zero-order valence-electron chi connectivity index (χ0n) is 13.2. The Morgan fingerprint density at radius 3 is 2.96 bits per heavy atom. The molecule has 0 aliphatic carbocycles. The molecule has 0 saturated carbocycles. The zero-order valence-corrected chi connectivity index (χ0v) is 14.8. The molecule has 2 N–H and O–H groups in total. The second kappa shape index (κ2) is 6.57. The molecule has 0 spiro atoms. The number of H-pyrrole nitrogens is 1. The van der Waals surface area contributed by atoms with Gasteiger partial charge in [0.25, 0.3) is 5.91 Å². The molecule has 1 aromatic heterocycles. The van der Waals surface area contributed by atoms with E-state index >= 15 is 0 Å². The highest BCUT2D eigenvalue weighted by atomic mass is 79.9. The van der Waals surface area contributed by atoms with Crippen molar-refractivity contribution in [1.29, 1.82) is 0 Å². The summed E-state index contributed by atoms with van der Waals surface area (Å²) in [6.45, 7) is 0.759. The SMILES string of the molecule is O=C(Nc1ccc2nc(C3CCCO3)[nH]c2c1)c1ccc(F)cc1Br. The summed E-state index contributed by atoms with van der Waals surface area (Å²) in [4.78, 5) is 20.2. The molecule has 1 amide bonds. The first-order valence-electron chi connectivity index (χ1n) is 7.98. The number of nitrogens with one attached hydrogen (secondary N) is 2. The third-order valence-corrected chi connectivity index (χ3v) is 4.82. The van der Waals surface area contributed by atoms with E-state index in [0.29, 0.717) is 15.7 Å². The van der Waals surface area contributed by atoms with Crippen molar-refractivity contribution in [3.8, 4) is 0 Å². The van der Waals surface area contributed by atoms with E-state index in [9.17, 15) is 9.18 Å². The highest BCUT2D eigenvalue weighted by molar-refractivity contribution is 9.10. The maximum atomic E-state index is 13.2. The minimum Gasteiger partial charge on any atom is -0.370 e. The second-order valence-electron chi connectivity index (χ2n) is 5.93. The molecule has 4 rings (SSSR count). The maximum absolute atomic E-state index is 13.2. The van der Waals surface area contributed by atoms with Crippen LogP contribution in [0.2, 0.25) is 0 Å². The number of aromatic nitrogens is 2. The van der Waals surface area contributed by atoms with E-state index in [-0.39, 0.29) is 12.0 Å². The third-order valence-electron chi connectivity index (χ3n) is 4.17. The predicted molar refractivity (Wildman–Crippen MR) is 96.1 cm³/mol. The van der Waals surface area contributed by atoms with Crippen LogP contribution >= 0.6 is 15.9 Å². The number of nitrogens with zero attached hydrogens (tertiary/aromatic N) is 1. The van der Waals surface area contributed by atoms with Gasteiger partial charge in [0.1, 0.15) is 17.7 Å². The average molecular weight is 404 g/mol. The summed E-state index contributed by atoms with van der Waals surface area (Å²) in [5, 5.41) is 2.82. The topological polar surface area (TPSA) is 67.0 Å². The fraction of sp³-hybridized carbons (Fsp3) is 0.222. The van der Waals surface area contributed by atoms with Crippen LogP contribution in [-0.2, 0) is 4.74 Å². The van der Waals surface area contributed by atoms with Gasteiger partial charge in [-0.3, -0.25) is 4.79 Å². The Bertz CT molecular complexity index is 951. The normalized spacial score (nSPS) is 17.1. The van der Waals surface area contributed by atoms with E-state index in [0.717, 1.165) is 36.3 Å². The van der Waals surface area contributed by atoms with Crippen LogP contribution in [0.5, 0.6) is 0 Å². The zero-order chi connectivity index (χ0) is 17.4. The number of carbonyl (C=O) groups is 1. The lowest BCUT2D eigenvalue weighted by molar-refractivity contribution is 0.102. The summed E-state index contributed by atoms with van der Waals surface area (Å²) < 4.78 is 19.2. The standard InChI is InChI=1S/C18H15BrFN3O2/c19-13-8-10(20)3-5-12(13)18(24)21-11-4-6-14-15(9-11)23-17(22-14)16-2-1-7-25-16/h3-6,8-9,16H,1-2,7H2,(H,21,24)(H,22,23). The first kappa shape index (κ1) is 16.2. The van der Waals surface area contributed by atoms with Crippen LogP contribution in [0.15, 0.2) is 40.9 Å². The quantitative estimate of drug-likeness (QED) is 0.672. The summed E-state index contributed by atoms with van der Waals surface area (Å²) in [6, 6.07) is 9.43. The number of ether oxygens (including phenoxy) is 1. The van der Waals surface area contributed by atoms with Crippen molar-refractivity contribution in [3.63, 3.8) is 0 Å². The first-order chi connectivity index (χ1) is 12.1. The number of amides is 1. The van der Waals surface area contributed by atoms with Crippen molar-refractivity contribution in [2.45, 2.75) is 18.9 Å². The van der Waals surface area contributed by atoms with Crippen LogP contribution in [0.1, 0.15) is 35.1 Å². The van der Waals surface area contributed by atoms with E-state index in [1.807, 2.05) is 12.1 Å². The largest absolute Gasteiger partial charge is 0.370 e. The number of hydrogen-bond acceptors (Lipinski definition) is 3. The Labute approximate surface area is 151 Å². The van der Waals surface area contributed by atoms with Gasteiger partial charge in [0.2, 0.25) is 0 Å². The van der Waals surface area contributed by atoms with Crippen LogP contribution in [-0.4, -0.2) is 22.5 Å². The van der Waals surface area contributed by atoms with Crippen molar-refractivity contribution in [2.75, 3.05) is 11.9 Å². The summed E-state index contributed by atoms with van der Waals surface area (Å²) >= 11 is 3.21. The summed E-state index contributed by atoms with van der Waals surface area (Å²) in [5.41, 5.74) is 2.66. The molecule has 7 heteroatoms. The molecule has 2 aromatic carbocycles. The molecule has 0 radical (unpaired) electrons. The molecule has 1 saturated heterocycles. The number of rotatable bonds is 3. The van der Waals surface area contributed by atoms with Crippen molar-refractivity contribution >= 4 is 38.6 Å². The molecule has 1 aliphatic heterocycles. The van der Waals surface area contributed by atoms with Gasteiger partial charge < -0.3 is 15.0 Å². The van der Waals surface area contributed by atoms with Gasteiger partial charge >= 0.3 is 0 Å². The number of imidazole rings is 1. The van der Waals surface area contributed by atoms with Gasteiger partial charge in [0, 0.05) is 16.8 Å². The van der Waals surface area contributed by atoms with Crippen LogP contribution in [0.3, 0.4) is 0 Å². The van der Waals surface area contributed by atoms with Crippen molar-refractivity contribution in [3.05, 3.63) is 58.1 Å². The van der Waals surface area contributed by atoms with Gasteiger partial charge in [0.05, 0.1) is 16.6 Å². The molecule has 128 valence electrons. The Morgan fingerprint density at radius 2 is 2.20 bits per heavy atom. The van der Waals surface area contributed by atoms with Gasteiger partial charge in [0.15, 0.2) is 0 Å². The smallest absolute Gasteiger partial charge is 0.256 e. The summed E-state index contributed by atoms with van der Waals surface area (Å²) in [7, 11) is 0. The highest BCUT2D eigenvalue weighted by Crippen LogP contribution is 2.29. The highest BCUT2D eigenvalue weighted by Gasteiger charge is 2.21. The van der Waals surface area contributed by atoms with E-state index < -0.39 is 5.82 Å². The number of hydrogen-bond donors (Lipinski definition) is 2. The molecule has 25 heavy (non-hydrogen) atoms. The molecular formula is C18H15BrFN3O2. The molecular weight excluding hydrogens is 389 g/mol. The number of halogens is 2. The van der Waals surface area contributed by atoms with Gasteiger partial charge in [-0.2, -0.15) is 0 Å². The lowest BCUT2D eigenvalue weighted by Gasteiger charge is -2.07. The monoisotopic (exact) mass is 403 g/mol. The molecule has 1 fully saturated rings. The maximum Gasteiger partial charge on any atom is 0.256 e. The lowest BCUT2D eigenvalue weighted by atomic mass is 10.2. The van der Waals surface area contributed by atoms with Crippen molar-refractivity contribution in [2.24, 2.45) is 0 Å². The Kier molecular flexibility index (Phi) is 4.27. The average Bonchev–Trinajstić information content (AvgIpc) is 3.23. The van der Waals surface area contributed by atoms with Crippen LogP contribution in [0.25, 0.3) is 11.0 Å². The van der Waals surface area contributed by atoms with E-state index in [4.69, 9.17) is 4.74 Å². The number of anilines is 1. The van der Waals surface area contributed by atoms with Gasteiger partial charge in [-0.15, -0.1) is 0 Å². The van der Waals surface area contributed by atoms with E-state index in [1.165, 1.54) is 18.2 Å². The minimum atomic E-state index is -0.399. The van der Waals surface area contributed by atoms with Crippen LogP contribution < -0.4 is 5.32 Å². The first-order valence-corrected chi connectivity index (χ1v) is 8.77. The third kappa shape index (κ3) is 3.29.